The van der Waals surface area contributed by atoms with Crippen molar-refractivity contribution in [1.29, 1.82) is 5.26 Å². The van der Waals surface area contributed by atoms with Crippen molar-refractivity contribution in [1.82, 2.24) is 10.1 Å². The molecule has 2 aromatic heterocycles. The third kappa shape index (κ3) is 9.84. The molecular formula is C43H59N5O12S. The van der Waals surface area contributed by atoms with Gasteiger partial charge in [0.25, 0.3) is 5.91 Å². The number of oxime groups is 1. The van der Waals surface area contributed by atoms with Gasteiger partial charge in [-0.15, -0.1) is 11.3 Å². The number of likely N-dealkylation sites (N-methyl/N-ethyl adjacent to an activating group) is 1. The third-order valence-corrected chi connectivity index (χ3v) is 13.6. The molecule has 0 spiro atoms. The Bertz CT molecular complexity index is 2020. The SMILES string of the molecule is CC[C@H]1OC(=O)[C@H](C)C(=O)[C@H](C)[C@@H](O[C@@H]2O[C@H](C)C[C@H](N(C)C)[C@H]2O)[C@@]2(C)C[C@@H](C)C3=NC(=O)C(Cc4cc(-c5ccc(C#N)s5)no4)O/N=C(/CO[C@H]([C@H]3C)[C@]1(C)O)CO2. The fraction of sp³-hybridized carbons (Fsp3) is 0.698. The van der Waals surface area contributed by atoms with Gasteiger partial charge >= 0.3 is 5.97 Å². The number of ether oxygens (including phenoxy) is 5. The van der Waals surface area contributed by atoms with Gasteiger partial charge in [0.1, 0.15) is 51.8 Å². The zero-order valence-electron chi connectivity index (χ0n) is 36.5. The molecule has 14 atom stereocenters. The van der Waals surface area contributed by atoms with Gasteiger partial charge in [-0.2, -0.15) is 5.26 Å². The van der Waals surface area contributed by atoms with Gasteiger partial charge in [0.15, 0.2) is 12.1 Å². The Morgan fingerprint density at radius 2 is 1.82 bits per heavy atom. The summed E-state index contributed by atoms with van der Waals surface area (Å²) in [6.45, 7) is 13.2. The highest BCUT2D eigenvalue weighted by molar-refractivity contribution is 7.15. The Labute approximate surface area is 360 Å². The van der Waals surface area contributed by atoms with Crippen molar-refractivity contribution in [3.63, 3.8) is 0 Å². The molecule has 3 saturated heterocycles. The average Bonchev–Trinajstić information content (AvgIpc) is 3.89. The van der Waals surface area contributed by atoms with Gasteiger partial charge in [-0.3, -0.25) is 14.4 Å². The van der Waals surface area contributed by atoms with E-state index in [1.807, 2.05) is 32.8 Å². The summed E-state index contributed by atoms with van der Waals surface area (Å²) in [5.74, 6) is -5.41. The van der Waals surface area contributed by atoms with Gasteiger partial charge in [0, 0.05) is 29.7 Å². The van der Waals surface area contributed by atoms with E-state index in [0.717, 1.165) is 0 Å². The molecule has 17 nitrogen and oxygen atoms in total. The second kappa shape index (κ2) is 18.8. The van der Waals surface area contributed by atoms with E-state index in [0.29, 0.717) is 33.3 Å². The monoisotopic (exact) mass is 869 g/mol. The Morgan fingerprint density at radius 3 is 2.49 bits per heavy atom. The number of Topliss-reactive ketones (excluding diaryl/α,β-unsaturated/α-hetero) is 1. The van der Waals surface area contributed by atoms with Crippen LogP contribution in [0.2, 0.25) is 0 Å². The number of fused-ring (bicyclic) bond motifs is 4. The number of nitriles is 1. The minimum Gasteiger partial charge on any atom is -0.459 e. The van der Waals surface area contributed by atoms with Crippen LogP contribution in [0.3, 0.4) is 0 Å². The first-order chi connectivity index (χ1) is 28.8. The number of aliphatic hydroxyl groups excluding tert-OH is 1. The molecular weight excluding hydrogens is 811 g/mol. The third-order valence-electron chi connectivity index (χ3n) is 12.6. The zero-order valence-corrected chi connectivity index (χ0v) is 37.3. The van der Waals surface area contributed by atoms with Crippen LogP contribution in [0.1, 0.15) is 85.3 Å². The van der Waals surface area contributed by atoms with Crippen LogP contribution >= 0.6 is 11.3 Å². The zero-order chi connectivity index (χ0) is 44.6. The molecule has 0 saturated carbocycles. The van der Waals surface area contributed by atoms with E-state index in [4.69, 9.17) is 38.0 Å². The normalized spacial score (nSPS) is 38.9. The lowest BCUT2D eigenvalue weighted by atomic mass is 9.73. The van der Waals surface area contributed by atoms with Crippen LogP contribution in [-0.2, 0) is 49.3 Å². The second-order valence-electron chi connectivity index (χ2n) is 17.6. The summed E-state index contributed by atoms with van der Waals surface area (Å²) in [5.41, 5.74) is -2.27. The second-order valence-corrected chi connectivity index (χ2v) is 18.7. The summed E-state index contributed by atoms with van der Waals surface area (Å²) < 4.78 is 38.0. The Balaban J connectivity index is 1.47. The van der Waals surface area contributed by atoms with E-state index >= 15 is 0 Å². The van der Waals surface area contributed by atoms with Gasteiger partial charge in [-0.1, -0.05) is 38.0 Å². The number of esters is 1. The fourth-order valence-electron chi connectivity index (χ4n) is 9.18. The molecule has 2 aromatic rings. The Hall–Kier alpha value is -3.93. The molecule has 1 unspecified atom stereocenters. The number of hydrogen-bond acceptors (Lipinski definition) is 17. The number of ketones is 1. The topological polar surface area (TPSA) is 225 Å². The van der Waals surface area contributed by atoms with Crippen molar-refractivity contribution in [2.45, 2.75) is 141 Å². The van der Waals surface area contributed by atoms with Crippen LogP contribution in [0, 0.1) is 35.0 Å². The van der Waals surface area contributed by atoms with E-state index in [1.54, 1.807) is 45.9 Å². The number of hydrogen-bond donors (Lipinski definition) is 2. The maximum Gasteiger partial charge on any atom is 0.316 e. The predicted octanol–water partition coefficient (Wildman–Crippen LogP) is 4.11. The first-order valence-corrected chi connectivity index (χ1v) is 21.8. The number of carbonyl (C=O) groups excluding carboxylic acids is 3. The number of cyclic esters (lactones) is 1. The summed E-state index contributed by atoms with van der Waals surface area (Å²) in [7, 11) is 3.72. The van der Waals surface area contributed by atoms with Gasteiger partial charge in [-0.05, 0) is 79.1 Å². The van der Waals surface area contributed by atoms with E-state index in [9.17, 15) is 29.9 Å². The molecule has 2 N–H and O–H groups in total. The number of amides is 1. The van der Waals surface area contributed by atoms with Gasteiger partial charge in [0.05, 0.1) is 48.4 Å². The number of aromatic nitrogens is 1. The molecule has 4 aliphatic heterocycles. The highest BCUT2D eigenvalue weighted by Gasteiger charge is 2.53. The van der Waals surface area contributed by atoms with Crippen molar-refractivity contribution in [3.8, 4) is 16.6 Å². The number of aliphatic imine (C=N–C) groups is 1. The molecule has 3 fully saturated rings. The molecule has 4 aliphatic rings. The fourth-order valence-corrected chi connectivity index (χ4v) is 9.93. The van der Waals surface area contributed by atoms with E-state index < -0.39 is 89.3 Å². The number of thiophene rings is 1. The van der Waals surface area contributed by atoms with Gasteiger partial charge < -0.3 is 48.2 Å². The minimum atomic E-state index is -1.87. The molecule has 334 valence electrons. The van der Waals surface area contributed by atoms with Crippen molar-refractivity contribution >= 4 is 40.4 Å². The molecule has 61 heavy (non-hydrogen) atoms. The standard InChI is InChI=1S/C43H59N5O12S/c1-11-33-43(8,53)38-23(4)34-21(2)17-42(7,37(24(5)35(49)25(6)40(52)57-33)58-41-36(50)30(48(9)10)14-22(3)56-41)55-20-26(19-54-38)46-60-31(39(51)45-34)16-27-15-29(47-59-27)32-13-12-28(18-44)61-32/h12-13,15,21-25,30-31,33,36-38,41,50,53H,11,14,16-17,19-20H2,1-10H3/b45-34?,46-26-/t21-,22-,23+,24+,25-,30+,31?,33-,36-,37-,38-,41+,42-,43-/m1/s1. The summed E-state index contributed by atoms with van der Waals surface area (Å²) >= 11 is 1.25. The van der Waals surface area contributed by atoms with Crippen LogP contribution in [0.5, 0.6) is 0 Å². The average molecular weight is 870 g/mol. The lowest BCUT2D eigenvalue weighted by molar-refractivity contribution is -0.296. The summed E-state index contributed by atoms with van der Waals surface area (Å²) in [4.78, 5) is 56.7. The maximum absolute atomic E-state index is 14.5. The van der Waals surface area contributed by atoms with Crippen LogP contribution in [0.15, 0.2) is 32.9 Å². The highest BCUT2D eigenvalue weighted by atomic mass is 32.1. The molecule has 4 bridgehead atoms. The maximum atomic E-state index is 14.5. The summed E-state index contributed by atoms with van der Waals surface area (Å²) in [6.07, 6.45) is -6.60. The van der Waals surface area contributed by atoms with E-state index in [1.165, 1.54) is 25.2 Å². The molecule has 1 amide bonds. The smallest absolute Gasteiger partial charge is 0.316 e. The highest BCUT2D eigenvalue weighted by Crippen LogP contribution is 2.40. The molecule has 0 radical (unpaired) electrons. The van der Waals surface area contributed by atoms with Crippen molar-refractivity contribution < 1.29 is 57.6 Å². The van der Waals surface area contributed by atoms with Crippen LogP contribution < -0.4 is 0 Å². The number of carbonyl (C=O) groups is 3. The Kier molecular flexibility index (Phi) is 14.4. The predicted molar refractivity (Wildman–Crippen MR) is 221 cm³/mol. The first kappa shape index (κ1) is 46.6. The van der Waals surface area contributed by atoms with Crippen molar-refractivity contribution in [3.05, 3.63) is 28.8 Å². The van der Waals surface area contributed by atoms with E-state index in [-0.39, 0.29) is 50.3 Å². The molecule has 6 heterocycles. The minimum absolute atomic E-state index is 0.100. The molecule has 0 aromatic carbocycles. The quantitative estimate of drug-likeness (QED) is 0.295. The number of aliphatic hydroxyl groups is 2. The molecule has 18 heteroatoms. The largest absolute Gasteiger partial charge is 0.459 e. The lowest BCUT2D eigenvalue weighted by Gasteiger charge is -2.47. The van der Waals surface area contributed by atoms with Crippen LogP contribution in [-0.4, -0.2) is 137 Å². The van der Waals surface area contributed by atoms with Gasteiger partial charge in [0.2, 0.25) is 6.10 Å². The van der Waals surface area contributed by atoms with E-state index in [2.05, 4.69) is 16.4 Å². The van der Waals surface area contributed by atoms with Crippen molar-refractivity contribution in [2.24, 2.45) is 33.8 Å². The first-order valence-electron chi connectivity index (χ1n) is 20.9. The summed E-state index contributed by atoms with van der Waals surface area (Å²) in [6, 6.07) is 6.89. The van der Waals surface area contributed by atoms with Crippen LogP contribution in [0.4, 0.5) is 0 Å². The van der Waals surface area contributed by atoms with Gasteiger partial charge in [-0.25, -0.2) is 4.99 Å². The van der Waals surface area contributed by atoms with Crippen LogP contribution in [0.25, 0.3) is 10.6 Å². The Morgan fingerprint density at radius 1 is 1.08 bits per heavy atom. The lowest BCUT2D eigenvalue weighted by Crippen LogP contribution is -2.60. The van der Waals surface area contributed by atoms with Crippen molar-refractivity contribution in [2.75, 3.05) is 27.3 Å². The number of rotatable bonds is 7. The molecule has 0 aliphatic carbocycles. The molecule has 6 rings (SSSR count). The number of nitrogens with zero attached hydrogens (tertiary/aromatic N) is 5. The summed E-state index contributed by atoms with van der Waals surface area (Å²) in [5, 5.41) is 41.9.